The topological polar surface area (TPSA) is 72.9 Å². The number of imide groups is 1. The number of nitrogens with zero attached hydrogens (tertiary/aromatic N) is 1. The lowest BCUT2D eigenvalue weighted by Gasteiger charge is -2.16. The van der Waals surface area contributed by atoms with Gasteiger partial charge in [-0.25, -0.2) is 4.90 Å². The maximum atomic E-state index is 13.4. The predicted octanol–water partition coefficient (Wildman–Crippen LogP) is 6.13. The summed E-state index contributed by atoms with van der Waals surface area (Å²) >= 11 is 18.6. The van der Waals surface area contributed by atoms with Crippen molar-refractivity contribution >= 4 is 58.3 Å². The molecule has 0 N–H and O–H groups in total. The standard InChI is InChI=1S/C25H18Cl3NO5/c1-2-33-21(30)12-15-5-9-19(18(28)11-15)29-24(31)22-17(27)8-10-20(23(22)25(29)32)34-13-14-3-6-16(26)7-4-14/h3-11H,2,12-13H2,1H3. The summed E-state index contributed by atoms with van der Waals surface area (Å²) in [6.07, 6.45) is 0.0183. The van der Waals surface area contributed by atoms with E-state index in [1.54, 1.807) is 43.3 Å². The van der Waals surface area contributed by atoms with E-state index in [0.29, 0.717) is 10.6 Å². The molecule has 3 aromatic carbocycles. The summed E-state index contributed by atoms with van der Waals surface area (Å²) in [6.45, 7) is 2.15. The molecule has 0 saturated heterocycles. The van der Waals surface area contributed by atoms with Crippen molar-refractivity contribution in [3.63, 3.8) is 0 Å². The summed E-state index contributed by atoms with van der Waals surface area (Å²) in [5, 5.41) is 0.860. The second-order valence-corrected chi connectivity index (χ2v) is 8.67. The van der Waals surface area contributed by atoms with Gasteiger partial charge in [0.1, 0.15) is 12.4 Å². The maximum Gasteiger partial charge on any atom is 0.310 e. The molecule has 1 aliphatic rings. The number of ether oxygens (including phenoxy) is 2. The Hall–Kier alpha value is -3.06. The van der Waals surface area contributed by atoms with Crippen LogP contribution in [-0.2, 0) is 22.6 Å². The summed E-state index contributed by atoms with van der Waals surface area (Å²) in [5.74, 6) is -1.39. The largest absolute Gasteiger partial charge is 0.488 e. The van der Waals surface area contributed by atoms with Crippen molar-refractivity contribution in [3.8, 4) is 5.75 Å². The first-order valence-corrected chi connectivity index (χ1v) is 11.5. The summed E-state index contributed by atoms with van der Waals surface area (Å²) in [6, 6.07) is 14.8. The molecule has 0 bridgehead atoms. The van der Waals surface area contributed by atoms with E-state index in [2.05, 4.69) is 0 Å². The molecule has 0 unspecified atom stereocenters. The first-order valence-electron chi connectivity index (χ1n) is 10.3. The zero-order chi connectivity index (χ0) is 24.4. The maximum absolute atomic E-state index is 13.4. The van der Waals surface area contributed by atoms with Crippen LogP contribution in [0.4, 0.5) is 5.69 Å². The van der Waals surface area contributed by atoms with Crippen molar-refractivity contribution in [2.45, 2.75) is 20.0 Å². The molecule has 6 nitrogen and oxygen atoms in total. The van der Waals surface area contributed by atoms with Crippen LogP contribution in [0.3, 0.4) is 0 Å². The molecule has 0 aliphatic carbocycles. The summed E-state index contributed by atoms with van der Waals surface area (Å²) in [5.41, 5.74) is 1.72. The molecular weight excluding hydrogens is 501 g/mol. The molecule has 0 fully saturated rings. The third kappa shape index (κ3) is 4.75. The van der Waals surface area contributed by atoms with Crippen LogP contribution in [0.25, 0.3) is 0 Å². The highest BCUT2D eigenvalue weighted by Gasteiger charge is 2.42. The fraction of sp³-hybridized carbons (Fsp3) is 0.160. The Bertz CT molecular complexity index is 1290. The number of carbonyl (C=O) groups is 3. The fourth-order valence-electron chi connectivity index (χ4n) is 3.60. The monoisotopic (exact) mass is 517 g/mol. The highest BCUT2D eigenvalue weighted by atomic mass is 35.5. The van der Waals surface area contributed by atoms with E-state index in [0.717, 1.165) is 10.5 Å². The van der Waals surface area contributed by atoms with Crippen LogP contribution in [-0.4, -0.2) is 24.4 Å². The third-order valence-electron chi connectivity index (χ3n) is 5.16. The number of anilines is 1. The first-order chi connectivity index (χ1) is 16.3. The summed E-state index contributed by atoms with van der Waals surface area (Å²) < 4.78 is 10.8. The van der Waals surface area contributed by atoms with Crippen molar-refractivity contribution < 1.29 is 23.9 Å². The van der Waals surface area contributed by atoms with Gasteiger partial charge in [-0.1, -0.05) is 53.0 Å². The van der Waals surface area contributed by atoms with E-state index in [9.17, 15) is 14.4 Å². The van der Waals surface area contributed by atoms with Crippen LogP contribution in [0.2, 0.25) is 15.1 Å². The zero-order valence-corrected chi connectivity index (χ0v) is 20.2. The quantitative estimate of drug-likeness (QED) is 0.278. The lowest BCUT2D eigenvalue weighted by atomic mass is 10.1. The molecule has 0 radical (unpaired) electrons. The molecule has 3 aromatic rings. The average Bonchev–Trinajstić information content (AvgIpc) is 3.06. The van der Waals surface area contributed by atoms with Crippen LogP contribution in [0.1, 0.15) is 38.8 Å². The van der Waals surface area contributed by atoms with E-state index >= 15 is 0 Å². The molecule has 174 valence electrons. The van der Waals surface area contributed by atoms with Crippen molar-refractivity contribution in [2.75, 3.05) is 11.5 Å². The Balaban J connectivity index is 1.62. The number of hydrogen-bond donors (Lipinski definition) is 0. The van der Waals surface area contributed by atoms with Gasteiger partial charge in [0.25, 0.3) is 11.8 Å². The van der Waals surface area contributed by atoms with Gasteiger partial charge in [0.2, 0.25) is 0 Å². The first kappa shape index (κ1) is 24.1. The number of esters is 1. The van der Waals surface area contributed by atoms with Crippen molar-refractivity contribution in [2.24, 2.45) is 0 Å². The normalized spacial score (nSPS) is 12.6. The van der Waals surface area contributed by atoms with Gasteiger partial charge in [-0.15, -0.1) is 0 Å². The van der Waals surface area contributed by atoms with Crippen molar-refractivity contribution in [1.82, 2.24) is 0 Å². The number of carbonyl (C=O) groups excluding carboxylic acids is 3. The Morgan fingerprint density at radius 3 is 2.21 bits per heavy atom. The van der Waals surface area contributed by atoms with E-state index in [1.165, 1.54) is 18.2 Å². The Morgan fingerprint density at radius 2 is 1.53 bits per heavy atom. The Labute approximate surface area is 210 Å². The van der Waals surface area contributed by atoms with E-state index in [-0.39, 0.29) is 52.2 Å². The van der Waals surface area contributed by atoms with Gasteiger partial charge in [-0.2, -0.15) is 0 Å². The van der Waals surface area contributed by atoms with Crippen molar-refractivity contribution in [1.29, 1.82) is 0 Å². The van der Waals surface area contributed by atoms with Crippen LogP contribution in [0, 0.1) is 0 Å². The van der Waals surface area contributed by atoms with Crippen LogP contribution >= 0.6 is 34.8 Å². The number of hydrogen-bond acceptors (Lipinski definition) is 5. The lowest BCUT2D eigenvalue weighted by molar-refractivity contribution is -0.142. The minimum Gasteiger partial charge on any atom is -0.488 e. The van der Waals surface area contributed by atoms with Gasteiger partial charge in [0.05, 0.1) is 39.9 Å². The molecule has 0 atom stereocenters. The molecule has 34 heavy (non-hydrogen) atoms. The van der Waals surface area contributed by atoms with Gasteiger partial charge in [-0.05, 0) is 54.4 Å². The lowest BCUT2D eigenvalue weighted by Crippen LogP contribution is -2.29. The molecule has 0 spiro atoms. The Morgan fingerprint density at radius 1 is 0.853 bits per heavy atom. The summed E-state index contributed by atoms with van der Waals surface area (Å²) in [4.78, 5) is 39.3. The molecule has 0 saturated carbocycles. The third-order valence-corrected chi connectivity index (χ3v) is 6.03. The van der Waals surface area contributed by atoms with Crippen LogP contribution in [0.5, 0.6) is 5.75 Å². The highest BCUT2D eigenvalue weighted by Crippen LogP contribution is 2.40. The fourth-order valence-corrected chi connectivity index (χ4v) is 4.25. The second-order valence-electron chi connectivity index (χ2n) is 7.42. The average molecular weight is 519 g/mol. The van der Waals surface area contributed by atoms with E-state index in [1.807, 2.05) is 0 Å². The number of amides is 2. The zero-order valence-electron chi connectivity index (χ0n) is 17.9. The van der Waals surface area contributed by atoms with Gasteiger partial charge >= 0.3 is 5.97 Å². The van der Waals surface area contributed by atoms with Gasteiger partial charge < -0.3 is 9.47 Å². The minimum atomic E-state index is -0.609. The Kier molecular flexibility index (Phi) is 7.12. The van der Waals surface area contributed by atoms with Crippen LogP contribution < -0.4 is 9.64 Å². The molecule has 1 aliphatic heterocycles. The highest BCUT2D eigenvalue weighted by molar-refractivity contribution is 6.44. The molecule has 4 rings (SSSR count). The summed E-state index contributed by atoms with van der Waals surface area (Å²) in [7, 11) is 0. The molecule has 9 heteroatoms. The molecule has 0 aromatic heterocycles. The van der Waals surface area contributed by atoms with Gasteiger partial charge in [0.15, 0.2) is 0 Å². The molecular formula is C25H18Cl3NO5. The van der Waals surface area contributed by atoms with Crippen molar-refractivity contribution in [3.05, 3.63) is 91.9 Å². The number of halogens is 3. The number of fused-ring (bicyclic) bond motifs is 1. The molecule has 2 amide bonds. The predicted molar refractivity (Wildman–Crippen MR) is 130 cm³/mol. The minimum absolute atomic E-state index is 0.0183. The van der Waals surface area contributed by atoms with Gasteiger partial charge in [-0.3, -0.25) is 14.4 Å². The van der Waals surface area contributed by atoms with Gasteiger partial charge in [0, 0.05) is 5.02 Å². The number of rotatable bonds is 7. The van der Waals surface area contributed by atoms with Crippen LogP contribution in [0.15, 0.2) is 54.6 Å². The second kappa shape index (κ2) is 10.1. The molecule has 1 heterocycles. The number of benzene rings is 3. The smallest absolute Gasteiger partial charge is 0.310 e. The van der Waals surface area contributed by atoms with E-state index in [4.69, 9.17) is 44.3 Å². The SMILES string of the molecule is CCOC(=O)Cc1ccc(N2C(=O)c3c(Cl)ccc(OCc4ccc(Cl)cc4)c3C2=O)c(Cl)c1. The van der Waals surface area contributed by atoms with E-state index < -0.39 is 17.8 Å².